The zero-order valence-corrected chi connectivity index (χ0v) is 65.7. The average molecular weight is 1460 g/mol. The van der Waals surface area contributed by atoms with Crippen molar-refractivity contribution >= 4 is 39.5 Å². The first kappa shape index (κ1) is 96.8. The Morgan fingerprint density at radius 3 is 0.820 bits per heavy atom. The minimum atomic E-state index is -4.97. The van der Waals surface area contributed by atoms with Gasteiger partial charge in [0.1, 0.15) is 19.3 Å². The number of aliphatic hydroxyl groups excluding tert-OH is 1. The molecule has 0 heterocycles. The maximum absolute atomic E-state index is 13.1. The molecule has 584 valence electrons. The van der Waals surface area contributed by atoms with Crippen LogP contribution in [-0.4, -0.2) is 96.7 Å². The third kappa shape index (κ3) is 73.1. The van der Waals surface area contributed by atoms with Crippen LogP contribution in [0.25, 0.3) is 0 Å². The van der Waals surface area contributed by atoms with Crippen LogP contribution in [0.4, 0.5) is 0 Å². The summed E-state index contributed by atoms with van der Waals surface area (Å²) in [6, 6.07) is 0. The summed E-state index contributed by atoms with van der Waals surface area (Å²) in [5.74, 6) is -2.16. The second kappa shape index (κ2) is 74.0. The Kier molecular flexibility index (Phi) is 71.6. The van der Waals surface area contributed by atoms with E-state index in [0.29, 0.717) is 25.7 Å². The zero-order valence-electron chi connectivity index (χ0n) is 63.9. The number of phosphoric ester groups is 2. The van der Waals surface area contributed by atoms with Crippen LogP contribution in [0.3, 0.4) is 0 Å². The number of rotatable bonds is 77. The lowest BCUT2D eigenvalue weighted by Crippen LogP contribution is -2.30. The normalized spacial score (nSPS) is 14.2. The molecule has 5 unspecified atom stereocenters. The molecule has 19 heteroatoms. The topological polar surface area (TPSA) is 237 Å². The zero-order chi connectivity index (χ0) is 73.2. The van der Waals surface area contributed by atoms with E-state index in [-0.39, 0.29) is 25.7 Å². The fourth-order valence-corrected chi connectivity index (χ4v) is 12.9. The van der Waals surface area contributed by atoms with Crippen LogP contribution in [0.15, 0.2) is 60.8 Å². The molecule has 0 aromatic carbocycles. The smallest absolute Gasteiger partial charge is 0.462 e. The maximum Gasteiger partial charge on any atom is 0.472 e. The second-order valence-corrected chi connectivity index (χ2v) is 30.3. The molecule has 0 aliphatic heterocycles. The van der Waals surface area contributed by atoms with E-state index in [1.54, 1.807) is 0 Å². The molecule has 5 atom stereocenters. The number of aliphatic hydroxyl groups is 1. The summed E-state index contributed by atoms with van der Waals surface area (Å²) in [5.41, 5.74) is 0. The highest BCUT2D eigenvalue weighted by molar-refractivity contribution is 7.47. The number of hydrogen-bond acceptors (Lipinski definition) is 15. The first-order chi connectivity index (χ1) is 48.7. The van der Waals surface area contributed by atoms with E-state index in [0.717, 1.165) is 154 Å². The monoisotopic (exact) mass is 1460 g/mol. The summed E-state index contributed by atoms with van der Waals surface area (Å²) >= 11 is 0. The van der Waals surface area contributed by atoms with Gasteiger partial charge in [0.2, 0.25) is 0 Å². The summed E-state index contributed by atoms with van der Waals surface area (Å²) < 4.78 is 68.6. The van der Waals surface area contributed by atoms with Gasteiger partial charge in [-0.3, -0.25) is 37.3 Å². The average Bonchev–Trinajstić information content (AvgIpc) is 0.946. The number of hydrogen-bond donors (Lipinski definition) is 3. The Balaban J connectivity index is 5.31. The molecule has 0 aliphatic carbocycles. The summed E-state index contributed by atoms with van der Waals surface area (Å²) in [7, 11) is -9.94. The molecule has 0 aromatic heterocycles. The highest BCUT2D eigenvalue weighted by Gasteiger charge is 2.30. The van der Waals surface area contributed by atoms with Crippen LogP contribution in [0.5, 0.6) is 0 Å². The molecular formula is C81H148O17P2. The molecule has 0 aliphatic rings. The van der Waals surface area contributed by atoms with E-state index >= 15 is 0 Å². The van der Waals surface area contributed by atoms with Crippen molar-refractivity contribution in [2.45, 2.75) is 393 Å². The quantitative estimate of drug-likeness (QED) is 0.0169. The molecule has 0 bridgehead atoms. The van der Waals surface area contributed by atoms with Gasteiger partial charge in [0, 0.05) is 25.7 Å². The lowest BCUT2D eigenvalue weighted by atomic mass is 10.0. The molecule has 0 rings (SSSR count). The van der Waals surface area contributed by atoms with Crippen molar-refractivity contribution in [1.82, 2.24) is 0 Å². The fourth-order valence-electron chi connectivity index (χ4n) is 11.3. The molecule has 17 nitrogen and oxygen atoms in total. The predicted molar refractivity (Wildman–Crippen MR) is 409 cm³/mol. The van der Waals surface area contributed by atoms with Gasteiger partial charge in [-0.05, 0) is 89.9 Å². The number of allylic oxidation sites excluding steroid dienone is 10. The highest BCUT2D eigenvalue weighted by atomic mass is 31.2. The van der Waals surface area contributed by atoms with Crippen LogP contribution in [0.1, 0.15) is 374 Å². The van der Waals surface area contributed by atoms with Gasteiger partial charge < -0.3 is 33.8 Å². The third-order valence-corrected chi connectivity index (χ3v) is 19.4. The summed E-state index contributed by atoms with van der Waals surface area (Å²) in [6.07, 6.45) is 73.3. The van der Waals surface area contributed by atoms with Crippen LogP contribution in [0.2, 0.25) is 0 Å². The SMILES string of the molecule is CC/C=C\C/C=C\C/C=C\C/C=C\CCCCCCCCC(=O)OCC(COP(=O)(O)OCC(O)COP(=O)(O)OCC(COC(=O)CCCCCCC/C=C\CCCCCC)OC(=O)CCCCCCCCCCCCCCC)OC(=O)CCCCCCCCCCCCCCCCC. The number of carbonyl (C=O) groups excluding carboxylic acids is 4. The molecule has 100 heavy (non-hydrogen) atoms. The summed E-state index contributed by atoms with van der Waals surface area (Å²) in [4.78, 5) is 73.0. The molecule has 3 N–H and O–H groups in total. The second-order valence-electron chi connectivity index (χ2n) is 27.3. The van der Waals surface area contributed by atoms with Gasteiger partial charge in [0.05, 0.1) is 26.4 Å². The van der Waals surface area contributed by atoms with Crippen molar-refractivity contribution in [3.05, 3.63) is 60.8 Å². The highest BCUT2D eigenvalue weighted by Crippen LogP contribution is 2.45. The van der Waals surface area contributed by atoms with Gasteiger partial charge in [-0.15, -0.1) is 0 Å². The molecule has 0 radical (unpaired) electrons. The lowest BCUT2D eigenvalue weighted by molar-refractivity contribution is -0.161. The fraction of sp³-hybridized carbons (Fsp3) is 0.827. The predicted octanol–water partition coefficient (Wildman–Crippen LogP) is 23.5. The van der Waals surface area contributed by atoms with E-state index in [9.17, 15) is 43.2 Å². The largest absolute Gasteiger partial charge is 0.472 e. The minimum Gasteiger partial charge on any atom is -0.462 e. The molecule has 0 aromatic rings. The van der Waals surface area contributed by atoms with Crippen LogP contribution in [0, 0.1) is 0 Å². The van der Waals surface area contributed by atoms with Gasteiger partial charge in [-0.1, -0.05) is 320 Å². The van der Waals surface area contributed by atoms with Crippen LogP contribution < -0.4 is 0 Å². The molecule has 0 fully saturated rings. The first-order valence-electron chi connectivity index (χ1n) is 40.5. The first-order valence-corrected chi connectivity index (χ1v) is 43.5. The van der Waals surface area contributed by atoms with Gasteiger partial charge in [0.15, 0.2) is 12.2 Å². The van der Waals surface area contributed by atoms with E-state index in [1.165, 1.54) is 141 Å². The Hall–Kier alpha value is -3.24. The van der Waals surface area contributed by atoms with Crippen molar-refractivity contribution in [2.24, 2.45) is 0 Å². The van der Waals surface area contributed by atoms with E-state index in [2.05, 4.69) is 88.5 Å². The Bertz CT molecular complexity index is 2130. The molecule has 0 saturated carbocycles. The van der Waals surface area contributed by atoms with Crippen LogP contribution in [-0.2, 0) is 65.4 Å². The Morgan fingerprint density at radius 1 is 0.290 bits per heavy atom. The van der Waals surface area contributed by atoms with E-state index in [1.807, 2.05) is 0 Å². The number of phosphoric acid groups is 2. The molecular weight excluding hydrogens is 1310 g/mol. The number of carbonyl (C=O) groups is 4. The van der Waals surface area contributed by atoms with Crippen molar-refractivity contribution in [3.63, 3.8) is 0 Å². The number of ether oxygens (including phenoxy) is 4. The van der Waals surface area contributed by atoms with E-state index < -0.39 is 97.5 Å². The van der Waals surface area contributed by atoms with Crippen molar-refractivity contribution in [3.8, 4) is 0 Å². The lowest BCUT2D eigenvalue weighted by Gasteiger charge is -2.21. The van der Waals surface area contributed by atoms with Gasteiger partial charge in [-0.25, -0.2) is 9.13 Å². The standard InChI is InChI=1S/C81H148O17P2/c1-5-9-13-17-21-25-29-33-35-36-37-38-40-43-46-50-54-58-62-66-79(84)92-72-77(98-81(86)68-64-60-56-52-48-44-39-34-30-26-22-18-14-10-6-2)74-96-100(89,90)94-70-75(82)69-93-99(87,88)95-73-76(97-80(85)67-63-59-55-51-47-42-32-28-24-20-16-12-8-4)71-91-78(83)65-61-57-53-49-45-41-31-27-23-19-15-11-7-3/h9,13,21,25,27,31,33,35,37-38,75-77,82H,5-8,10-12,14-20,22-24,26,28-30,32,34,36,39-74H2,1-4H3,(H,87,88)(H,89,90)/b13-9-,25-21-,31-27-,35-33-,38-37-. The van der Waals surface area contributed by atoms with Crippen molar-refractivity contribution in [1.29, 1.82) is 0 Å². The van der Waals surface area contributed by atoms with Gasteiger partial charge >= 0.3 is 39.5 Å². The Labute approximate surface area is 610 Å². The molecule has 0 spiro atoms. The van der Waals surface area contributed by atoms with E-state index in [4.69, 9.17) is 37.0 Å². The molecule has 0 amide bonds. The molecule has 0 saturated heterocycles. The van der Waals surface area contributed by atoms with Gasteiger partial charge in [-0.2, -0.15) is 0 Å². The Morgan fingerprint density at radius 2 is 0.520 bits per heavy atom. The third-order valence-electron chi connectivity index (χ3n) is 17.5. The van der Waals surface area contributed by atoms with Crippen LogP contribution >= 0.6 is 15.6 Å². The minimum absolute atomic E-state index is 0.0983. The maximum atomic E-state index is 13.1. The number of esters is 4. The summed E-state index contributed by atoms with van der Waals surface area (Å²) in [5, 5.41) is 10.6. The van der Waals surface area contributed by atoms with Crippen molar-refractivity contribution in [2.75, 3.05) is 39.6 Å². The van der Waals surface area contributed by atoms with Crippen molar-refractivity contribution < 1.29 is 80.2 Å². The van der Waals surface area contributed by atoms with Gasteiger partial charge in [0.25, 0.3) is 0 Å². The summed E-state index contributed by atoms with van der Waals surface area (Å²) in [6.45, 7) is 4.81. The number of unbranched alkanes of at least 4 members (excludes halogenated alkanes) is 41.